The third-order valence-electron chi connectivity index (χ3n) is 2.59. The predicted molar refractivity (Wildman–Crippen MR) is 64.6 cm³/mol. The van der Waals surface area contributed by atoms with Crippen molar-refractivity contribution in [1.82, 2.24) is 19.6 Å². The first kappa shape index (κ1) is 11.4. The molecule has 0 bridgehead atoms. The highest BCUT2D eigenvalue weighted by Gasteiger charge is 2.06. The van der Waals surface area contributed by atoms with Crippen LogP contribution < -0.4 is 11.3 Å². The molecular weight excluding hydrogens is 218 g/mol. The van der Waals surface area contributed by atoms with E-state index in [9.17, 15) is 4.79 Å². The van der Waals surface area contributed by atoms with Gasteiger partial charge in [0.15, 0.2) is 0 Å². The standard InChI is InChI=1S/C11H15N5O/c1-3-8-6-9(15(2)13-8)7-16-11(17)5-4-10(12)14-16/h4-6H,3,7H2,1-2H3,(H2,12,14). The largest absolute Gasteiger partial charge is 0.382 e. The fourth-order valence-electron chi connectivity index (χ4n) is 1.62. The van der Waals surface area contributed by atoms with E-state index in [1.165, 1.54) is 16.8 Å². The number of nitrogens with two attached hydrogens (primary N) is 1. The molecule has 0 spiro atoms. The number of aromatic nitrogens is 4. The van der Waals surface area contributed by atoms with Gasteiger partial charge >= 0.3 is 0 Å². The van der Waals surface area contributed by atoms with Crippen molar-refractivity contribution >= 4 is 5.82 Å². The Kier molecular flexibility index (Phi) is 2.95. The van der Waals surface area contributed by atoms with Gasteiger partial charge in [0.05, 0.1) is 17.9 Å². The van der Waals surface area contributed by atoms with Crippen molar-refractivity contribution in [2.75, 3.05) is 5.73 Å². The molecule has 0 saturated carbocycles. The van der Waals surface area contributed by atoms with Crippen molar-refractivity contribution in [2.24, 2.45) is 7.05 Å². The summed E-state index contributed by atoms with van der Waals surface area (Å²) >= 11 is 0. The van der Waals surface area contributed by atoms with Crippen molar-refractivity contribution < 1.29 is 0 Å². The van der Waals surface area contributed by atoms with Gasteiger partial charge in [-0.2, -0.15) is 10.2 Å². The summed E-state index contributed by atoms with van der Waals surface area (Å²) in [7, 11) is 1.85. The minimum Gasteiger partial charge on any atom is -0.382 e. The Morgan fingerprint density at radius 3 is 2.76 bits per heavy atom. The van der Waals surface area contributed by atoms with E-state index < -0.39 is 0 Å². The summed E-state index contributed by atoms with van der Waals surface area (Å²) in [5, 5.41) is 8.30. The molecule has 0 saturated heterocycles. The number of rotatable bonds is 3. The Morgan fingerprint density at radius 2 is 2.12 bits per heavy atom. The van der Waals surface area contributed by atoms with Crippen LogP contribution >= 0.6 is 0 Å². The van der Waals surface area contributed by atoms with Gasteiger partial charge in [0.1, 0.15) is 5.82 Å². The van der Waals surface area contributed by atoms with Gasteiger partial charge in [-0.1, -0.05) is 6.92 Å². The molecule has 2 rings (SSSR count). The first-order chi connectivity index (χ1) is 8.10. The summed E-state index contributed by atoms with van der Waals surface area (Å²) in [5.74, 6) is 0.336. The monoisotopic (exact) mass is 233 g/mol. The lowest BCUT2D eigenvalue weighted by molar-refractivity contribution is 0.593. The van der Waals surface area contributed by atoms with Crippen molar-refractivity contribution in [3.8, 4) is 0 Å². The highest BCUT2D eigenvalue weighted by atomic mass is 16.1. The number of aryl methyl sites for hydroxylation is 2. The lowest BCUT2D eigenvalue weighted by Gasteiger charge is -2.04. The number of hydrogen-bond acceptors (Lipinski definition) is 4. The molecule has 6 nitrogen and oxygen atoms in total. The van der Waals surface area contributed by atoms with Crippen LogP contribution in [0.25, 0.3) is 0 Å². The van der Waals surface area contributed by atoms with Crippen molar-refractivity contribution in [1.29, 1.82) is 0 Å². The van der Waals surface area contributed by atoms with Crippen LogP contribution in [0.3, 0.4) is 0 Å². The molecule has 0 aliphatic carbocycles. The Labute approximate surface area is 98.7 Å². The van der Waals surface area contributed by atoms with Crippen LogP contribution in [-0.4, -0.2) is 19.6 Å². The molecule has 2 N–H and O–H groups in total. The molecule has 6 heteroatoms. The fourth-order valence-corrected chi connectivity index (χ4v) is 1.62. The number of nitrogens with zero attached hydrogens (tertiary/aromatic N) is 4. The first-order valence-electron chi connectivity index (χ1n) is 5.45. The highest BCUT2D eigenvalue weighted by Crippen LogP contribution is 2.04. The molecule has 0 unspecified atom stereocenters. The van der Waals surface area contributed by atoms with E-state index in [0.29, 0.717) is 12.4 Å². The molecule has 0 aliphatic heterocycles. The van der Waals surface area contributed by atoms with Gasteiger partial charge in [-0.25, -0.2) is 4.68 Å². The van der Waals surface area contributed by atoms with Gasteiger partial charge in [0.2, 0.25) is 0 Å². The highest BCUT2D eigenvalue weighted by molar-refractivity contribution is 5.24. The zero-order chi connectivity index (χ0) is 12.4. The molecule has 2 aromatic heterocycles. The van der Waals surface area contributed by atoms with E-state index in [4.69, 9.17) is 5.73 Å². The SMILES string of the molecule is CCc1cc(Cn2nc(N)ccc2=O)n(C)n1. The third-order valence-corrected chi connectivity index (χ3v) is 2.59. The normalized spacial score (nSPS) is 10.7. The fraction of sp³-hybridized carbons (Fsp3) is 0.364. The van der Waals surface area contributed by atoms with E-state index in [1.54, 1.807) is 4.68 Å². The molecule has 0 amide bonds. The molecular formula is C11H15N5O. The van der Waals surface area contributed by atoms with Crippen LogP contribution in [0.15, 0.2) is 23.0 Å². The van der Waals surface area contributed by atoms with Crippen LogP contribution in [-0.2, 0) is 20.0 Å². The van der Waals surface area contributed by atoms with Gasteiger partial charge in [-0.3, -0.25) is 9.48 Å². The van der Waals surface area contributed by atoms with E-state index in [0.717, 1.165) is 17.8 Å². The molecule has 2 heterocycles. The van der Waals surface area contributed by atoms with Crippen molar-refractivity contribution in [3.05, 3.63) is 39.9 Å². The lowest BCUT2D eigenvalue weighted by Crippen LogP contribution is -2.24. The molecule has 0 atom stereocenters. The van der Waals surface area contributed by atoms with Gasteiger partial charge < -0.3 is 5.73 Å². The van der Waals surface area contributed by atoms with E-state index in [2.05, 4.69) is 10.2 Å². The Balaban J connectivity index is 2.34. The maximum absolute atomic E-state index is 11.6. The van der Waals surface area contributed by atoms with Gasteiger partial charge in [-0.15, -0.1) is 0 Å². The number of anilines is 1. The Morgan fingerprint density at radius 1 is 1.35 bits per heavy atom. The van der Waals surface area contributed by atoms with Crippen LogP contribution in [0.2, 0.25) is 0 Å². The van der Waals surface area contributed by atoms with Gasteiger partial charge in [0.25, 0.3) is 5.56 Å². The average Bonchev–Trinajstić information content (AvgIpc) is 2.65. The zero-order valence-corrected chi connectivity index (χ0v) is 9.92. The Hall–Kier alpha value is -2.11. The van der Waals surface area contributed by atoms with Crippen LogP contribution in [0.1, 0.15) is 18.3 Å². The van der Waals surface area contributed by atoms with Crippen LogP contribution in [0.5, 0.6) is 0 Å². The summed E-state index contributed by atoms with van der Waals surface area (Å²) in [5.41, 5.74) is 7.32. The summed E-state index contributed by atoms with van der Waals surface area (Å²) < 4.78 is 3.10. The molecule has 0 aromatic carbocycles. The van der Waals surface area contributed by atoms with Crippen LogP contribution in [0.4, 0.5) is 5.82 Å². The van der Waals surface area contributed by atoms with E-state index in [1.807, 2.05) is 20.0 Å². The second kappa shape index (κ2) is 4.40. The molecule has 17 heavy (non-hydrogen) atoms. The number of hydrogen-bond donors (Lipinski definition) is 1. The first-order valence-corrected chi connectivity index (χ1v) is 5.45. The minimum absolute atomic E-state index is 0.168. The average molecular weight is 233 g/mol. The van der Waals surface area contributed by atoms with Crippen molar-refractivity contribution in [2.45, 2.75) is 19.9 Å². The summed E-state index contributed by atoms with van der Waals surface area (Å²) in [6.45, 7) is 2.42. The third kappa shape index (κ3) is 2.35. The lowest BCUT2D eigenvalue weighted by atomic mass is 10.3. The van der Waals surface area contributed by atoms with Gasteiger partial charge in [-0.05, 0) is 18.6 Å². The second-order valence-electron chi connectivity index (χ2n) is 3.86. The van der Waals surface area contributed by atoms with E-state index in [-0.39, 0.29) is 5.56 Å². The smallest absolute Gasteiger partial charge is 0.267 e. The molecule has 90 valence electrons. The summed E-state index contributed by atoms with van der Waals surface area (Å²) in [6, 6.07) is 4.89. The topological polar surface area (TPSA) is 78.7 Å². The maximum atomic E-state index is 11.6. The predicted octanol–water partition coefficient (Wildman–Crippen LogP) is 0.170. The number of nitrogen functional groups attached to an aromatic ring is 1. The maximum Gasteiger partial charge on any atom is 0.267 e. The quantitative estimate of drug-likeness (QED) is 0.819. The van der Waals surface area contributed by atoms with E-state index >= 15 is 0 Å². The Bertz CT molecular complexity index is 584. The molecule has 0 aliphatic rings. The van der Waals surface area contributed by atoms with Crippen LogP contribution in [0, 0.1) is 0 Å². The zero-order valence-electron chi connectivity index (χ0n) is 9.92. The van der Waals surface area contributed by atoms with Crippen molar-refractivity contribution in [3.63, 3.8) is 0 Å². The summed E-state index contributed by atoms with van der Waals surface area (Å²) in [4.78, 5) is 11.6. The molecule has 0 radical (unpaired) electrons. The second-order valence-corrected chi connectivity index (χ2v) is 3.86. The molecule has 2 aromatic rings. The summed E-state index contributed by atoms with van der Waals surface area (Å²) in [6.07, 6.45) is 0.868. The van der Waals surface area contributed by atoms with Gasteiger partial charge in [0, 0.05) is 13.1 Å². The molecule has 0 fully saturated rings. The minimum atomic E-state index is -0.168.